The van der Waals surface area contributed by atoms with E-state index in [1.165, 1.54) is 37.5 Å². The molecule has 2 aliphatic rings. The van der Waals surface area contributed by atoms with Crippen LogP contribution in [0, 0.1) is 0 Å². The van der Waals surface area contributed by atoms with Gasteiger partial charge in [-0.05, 0) is 42.0 Å². The minimum Gasteiger partial charge on any atom is -0.508 e. The lowest BCUT2D eigenvalue weighted by Crippen LogP contribution is -2.65. The molecule has 2 saturated heterocycles. The fourth-order valence-electron chi connectivity index (χ4n) is 6.14. The number of hydrogen-bond acceptors (Lipinski definition) is 20. The summed E-state index contributed by atoms with van der Waals surface area (Å²) in [5, 5.41) is 114. The van der Waals surface area contributed by atoms with Crippen molar-refractivity contribution in [2.24, 2.45) is 0 Å². The van der Waals surface area contributed by atoms with Gasteiger partial charge in [-0.3, -0.25) is 4.79 Å². The van der Waals surface area contributed by atoms with Gasteiger partial charge in [-0.15, -0.1) is 0 Å². The molecule has 6 rings (SSSR count). The Hall–Kier alpha value is -5.68. The van der Waals surface area contributed by atoms with E-state index < -0.39 is 126 Å². The number of ether oxygens (including phenoxy) is 6. The van der Waals surface area contributed by atoms with Crippen LogP contribution in [0.1, 0.15) is 5.56 Å². The zero-order valence-corrected chi connectivity index (χ0v) is 29.6. The van der Waals surface area contributed by atoms with Crippen LogP contribution in [-0.2, 0) is 23.7 Å². The lowest BCUT2D eigenvalue weighted by atomic mass is 9.97. The molecule has 1 aromatic heterocycles. The fourth-order valence-corrected chi connectivity index (χ4v) is 6.14. The Morgan fingerprint density at radius 1 is 0.772 bits per heavy atom. The highest BCUT2D eigenvalue weighted by molar-refractivity contribution is 5.88. The Morgan fingerprint density at radius 3 is 2.18 bits per heavy atom. The van der Waals surface area contributed by atoms with E-state index in [1.54, 1.807) is 0 Å². The van der Waals surface area contributed by atoms with Crippen LogP contribution >= 0.6 is 0 Å². The van der Waals surface area contributed by atoms with E-state index in [-0.39, 0.29) is 22.6 Å². The molecule has 0 spiro atoms. The normalized spacial score (nSPS) is 27.7. The van der Waals surface area contributed by atoms with Crippen molar-refractivity contribution in [2.45, 2.75) is 61.4 Å². The molecular weight excluding hydrogens is 764 g/mol. The molecule has 20 nitrogen and oxygen atoms in total. The molecule has 10 unspecified atom stereocenters. The number of aromatic hydroxyl groups is 5. The molecule has 4 aromatic rings. The van der Waals surface area contributed by atoms with Gasteiger partial charge in [-0.25, -0.2) is 4.79 Å². The smallest absolute Gasteiger partial charge is 0.330 e. The molecule has 2 aliphatic heterocycles. The van der Waals surface area contributed by atoms with Crippen molar-refractivity contribution < 1.29 is 93.8 Å². The summed E-state index contributed by atoms with van der Waals surface area (Å²) >= 11 is 0. The Bertz CT molecular complexity index is 2180. The number of carbonyl (C=O) groups excluding carboxylic acids is 1. The molecule has 0 bridgehead atoms. The van der Waals surface area contributed by atoms with Gasteiger partial charge in [0.05, 0.1) is 13.7 Å². The van der Waals surface area contributed by atoms with Crippen LogP contribution in [0.5, 0.6) is 40.2 Å². The Kier molecular flexibility index (Phi) is 12.1. The summed E-state index contributed by atoms with van der Waals surface area (Å²) in [4.78, 5) is 26.8. The Labute approximate surface area is 320 Å². The molecule has 0 amide bonds. The third-order valence-corrected chi connectivity index (χ3v) is 9.18. The minimum atomic E-state index is -2.10. The van der Waals surface area contributed by atoms with Crippen LogP contribution in [0.2, 0.25) is 0 Å². The number of esters is 1. The first-order valence-electron chi connectivity index (χ1n) is 17.0. The van der Waals surface area contributed by atoms with Crippen molar-refractivity contribution >= 4 is 23.0 Å². The van der Waals surface area contributed by atoms with Crippen LogP contribution in [0.3, 0.4) is 0 Å². The number of methoxy groups -OCH3 is 1. The second kappa shape index (κ2) is 16.8. The molecule has 0 saturated carbocycles. The van der Waals surface area contributed by atoms with Gasteiger partial charge in [-0.2, -0.15) is 0 Å². The maximum Gasteiger partial charge on any atom is 0.330 e. The Morgan fingerprint density at radius 2 is 1.47 bits per heavy atom. The monoisotopic (exact) mass is 802 g/mol. The molecule has 11 N–H and O–H groups in total. The summed E-state index contributed by atoms with van der Waals surface area (Å²) in [7, 11) is 1.33. The van der Waals surface area contributed by atoms with Crippen molar-refractivity contribution in [3.05, 3.63) is 70.4 Å². The topological polar surface area (TPSA) is 325 Å². The van der Waals surface area contributed by atoms with Crippen molar-refractivity contribution in [2.75, 3.05) is 20.3 Å². The quantitative estimate of drug-likeness (QED) is 0.0505. The average molecular weight is 803 g/mol. The fraction of sp³-hybridized carbons (Fsp3) is 0.351. The van der Waals surface area contributed by atoms with Gasteiger partial charge < -0.3 is 89.0 Å². The molecule has 10 atom stereocenters. The zero-order valence-electron chi connectivity index (χ0n) is 29.6. The molecule has 57 heavy (non-hydrogen) atoms. The molecule has 3 aromatic carbocycles. The molecular formula is C37H38O20. The van der Waals surface area contributed by atoms with E-state index in [2.05, 4.69) is 0 Å². The molecule has 2 fully saturated rings. The van der Waals surface area contributed by atoms with Crippen molar-refractivity contribution in [1.82, 2.24) is 0 Å². The van der Waals surface area contributed by atoms with Gasteiger partial charge >= 0.3 is 5.97 Å². The van der Waals surface area contributed by atoms with E-state index in [0.29, 0.717) is 5.56 Å². The molecule has 3 heterocycles. The number of hydrogen-bond donors (Lipinski definition) is 11. The number of phenolic OH excluding ortho intramolecular Hbond substituents is 5. The first-order valence-corrected chi connectivity index (χ1v) is 17.0. The molecule has 306 valence electrons. The largest absolute Gasteiger partial charge is 0.508 e. The van der Waals surface area contributed by atoms with Crippen LogP contribution in [0.25, 0.3) is 28.4 Å². The van der Waals surface area contributed by atoms with E-state index in [1.807, 2.05) is 0 Å². The summed E-state index contributed by atoms with van der Waals surface area (Å²) in [6, 6.07) is 9.26. The predicted molar refractivity (Wildman–Crippen MR) is 189 cm³/mol. The number of benzene rings is 3. The van der Waals surface area contributed by atoms with Crippen LogP contribution in [0.15, 0.2) is 63.8 Å². The van der Waals surface area contributed by atoms with E-state index in [9.17, 15) is 65.8 Å². The number of phenols is 5. The summed E-state index contributed by atoms with van der Waals surface area (Å²) in [6.07, 6.45) is -16.7. The highest BCUT2D eigenvalue weighted by Crippen LogP contribution is 2.40. The number of aliphatic hydroxyl groups is 6. The van der Waals surface area contributed by atoms with Gasteiger partial charge in [0, 0.05) is 23.8 Å². The van der Waals surface area contributed by atoms with Gasteiger partial charge in [0.25, 0.3) is 0 Å². The maximum absolute atomic E-state index is 14.1. The number of carbonyl (C=O) groups is 1. The summed E-state index contributed by atoms with van der Waals surface area (Å²) in [6.45, 7) is -1.63. The third-order valence-electron chi connectivity index (χ3n) is 9.18. The van der Waals surface area contributed by atoms with Gasteiger partial charge in [0.15, 0.2) is 41.2 Å². The number of aliphatic hydroxyl groups excluding tert-OH is 6. The van der Waals surface area contributed by atoms with E-state index in [4.69, 9.17) is 32.8 Å². The van der Waals surface area contributed by atoms with Crippen LogP contribution in [-0.4, -0.2) is 144 Å². The third kappa shape index (κ3) is 8.39. The highest BCUT2D eigenvalue weighted by atomic mass is 16.8. The minimum absolute atomic E-state index is 0.117. The van der Waals surface area contributed by atoms with Gasteiger partial charge in [0.1, 0.15) is 71.8 Å². The molecule has 0 aliphatic carbocycles. The van der Waals surface area contributed by atoms with E-state index >= 15 is 0 Å². The van der Waals surface area contributed by atoms with Crippen LogP contribution in [0.4, 0.5) is 0 Å². The number of fused-ring (bicyclic) bond motifs is 1. The first-order chi connectivity index (χ1) is 27.1. The summed E-state index contributed by atoms with van der Waals surface area (Å²) < 4.78 is 39.2. The Balaban J connectivity index is 1.36. The maximum atomic E-state index is 14.1. The zero-order chi connectivity index (χ0) is 41.3. The van der Waals surface area contributed by atoms with Gasteiger partial charge in [-0.1, -0.05) is 6.07 Å². The first kappa shape index (κ1) is 41.0. The predicted octanol–water partition coefficient (Wildman–Crippen LogP) is -0.736. The summed E-state index contributed by atoms with van der Waals surface area (Å²) in [5.41, 5.74) is -1.18. The molecule has 20 heteroatoms. The van der Waals surface area contributed by atoms with Crippen molar-refractivity contribution in [1.29, 1.82) is 0 Å². The lowest BCUT2D eigenvalue weighted by molar-refractivity contribution is -0.358. The second-order valence-corrected chi connectivity index (χ2v) is 13.0. The lowest BCUT2D eigenvalue weighted by Gasteiger charge is -2.45. The standard InChI is InChI=1S/C37H38O20/c1-51-21-8-14(2-5-18(21)41)3-7-25(44)52-13-24-28(46)31(49)35(57-36-32(50)30(48)27(45)23(12-38)54-36)37(55-24)56-34-29(47)26-20(43)10-16(39)11-22(26)53-33(34)15-4-6-17(40)19(42)9-15/h2-11,23-24,27-28,30-32,35-43,45-46,48-50H,12-13H2,1H3. The second-order valence-electron chi connectivity index (χ2n) is 13.0. The SMILES string of the molecule is COc1cc(C=CC(=O)OCC2OC(Oc3c(-c4ccc(O)c(O)c4)oc4cc(O)cc(O)c4c3=O)C(OC3OC(CO)C(O)C(O)C3O)C(O)C2O)ccc1O. The van der Waals surface area contributed by atoms with Gasteiger partial charge in [0.2, 0.25) is 17.5 Å². The average Bonchev–Trinajstić information content (AvgIpc) is 3.18. The van der Waals surface area contributed by atoms with Crippen molar-refractivity contribution in [3.63, 3.8) is 0 Å². The number of rotatable bonds is 11. The molecule has 0 radical (unpaired) electrons. The highest BCUT2D eigenvalue weighted by Gasteiger charge is 2.52. The van der Waals surface area contributed by atoms with E-state index in [0.717, 1.165) is 30.3 Å². The summed E-state index contributed by atoms with van der Waals surface area (Å²) in [5.74, 6) is -4.77. The van der Waals surface area contributed by atoms with Crippen LogP contribution < -0.4 is 14.9 Å². The van der Waals surface area contributed by atoms with Crippen molar-refractivity contribution in [3.8, 4) is 51.6 Å².